The van der Waals surface area contributed by atoms with Crippen molar-refractivity contribution >= 4 is 27.5 Å². The summed E-state index contributed by atoms with van der Waals surface area (Å²) in [7, 11) is 0. The highest BCUT2D eigenvalue weighted by Crippen LogP contribution is 2.29. The van der Waals surface area contributed by atoms with Gasteiger partial charge in [-0.2, -0.15) is 0 Å². The molecule has 0 aliphatic carbocycles. The Hall–Kier alpha value is -0.490. The Morgan fingerprint density at radius 3 is 2.94 bits per heavy atom. The van der Waals surface area contributed by atoms with Gasteiger partial charge in [-0.05, 0) is 36.7 Å². The molecule has 0 aromatic heterocycles. The molecule has 0 radical (unpaired) electrons. The topological polar surface area (TPSA) is 12.0 Å². The van der Waals surface area contributed by atoms with Gasteiger partial charge in [0.15, 0.2) is 0 Å². The molecule has 1 nitrogen and oxygen atoms in total. The molecule has 16 heavy (non-hydrogen) atoms. The first-order valence-electron chi connectivity index (χ1n) is 5.30. The Labute approximate surface area is 111 Å². The standard InChI is InChI=1S/C13H15BrClN/c1-3-5-6-13(16-4-2)11-9-10(15)7-8-12(11)14/h1,7-9,13,16H,4-6H2,2H3. The van der Waals surface area contributed by atoms with Gasteiger partial charge in [-0.3, -0.25) is 0 Å². The Morgan fingerprint density at radius 1 is 1.56 bits per heavy atom. The highest BCUT2D eigenvalue weighted by Gasteiger charge is 2.13. The van der Waals surface area contributed by atoms with Crippen molar-refractivity contribution in [3.8, 4) is 12.3 Å². The molecule has 1 N–H and O–H groups in total. The maximum atomic E-state index is 6.01. The summed E-state index contributed by atoms with van der Waals surface area (Å²) in [4.78, 5) is 0. The van der Waals surface area contributed by atoms with Crippen molar-refractivity contribution in [1.82, 2.24) is 5.32 Å². The Balaban J connectivity index is 2.91. The molecule has 0 saturated carbocycles. The summed E-state index contributed by atoms with van der Waals surface area (Å²) in [5.41, 5.74) is 1.17. The fourth-order valence-corrected chi connectivity index (χ4v) is 2.33. The van der Waals surface area contributed by atoms with Gasteiger partial charge in [0.1, 0.15) is 0 Å². The van der Waals surface area contributed by atoms with Crippen LogP contribution in [0.2, 0.25) is 5.02 Å². The molecule has 0 bridgehead atoms. The minimum Gasteiger partial charge on any atom is -0.310 e. The predicted octanol–water partition coefficient (Wildman–Crippen LogP) is 4.17. The summed E-state index contributed by atoms with van der Waals surface area (Å²) in [5, 5.41) is 4.17. The second kappa shape index (κ2) is 6.96. The number of nitrogens with one attached hydrogen (secondary N) is 1. The molecule has 0 heterocycles. The number of rotatable bonds is 5. The predicted molar refractivity (Wildman–Crippen MR) is 73.6 cm³/mol. The fourth-order valence-electron chi connectivity index (χ4n) is 1.62. The van der Waals surface area contributed by atoms with Gasteiger partial charge in [0.2, 0.25) is 0 Å². The van der Waals surface area contributed by atoms with Crippen LogP contribution in [0.1, 0.15) is 31.4 Å². The van der Waals surface area contributed by atoms with Crippen molar-refractivity contribution < 1.29 is 0 Å². The summed E-state index contributed by atoms with van der Waals surface area (Å²) < 4.78 is 1.07. The van der Waals surface area contributed by atoms with Gasteiger partial charge in [0.05, 0.1) is 0 Å². The van der Waals surface area contributed by atoms with Crippen molar-refractivity contribution in [3.05, 3.63) is 33.3 Å². The van der Waals surface area contributed by atoms with Gasteiger partial charge in [0.25, 0.3) is 0 Å². The van der Waals surface area contributed by atoms with Gasteiger partial charge in [-0.15, -0.1) is 12.3 Å². The molecule has 1 atom stereocenters. The number of halogens is 2. The van der Waals surface area contributed by atoms with Crippen molar-refractivity contribution in [2.45, 2.75) is 25.8 Å². The fraction of sp³-hybridized carbons (Fsp3) is 0.385. The van der Waals surface area contributed by atoms with E-state index in [1.54, 1.807) is 0 Å². The van der Waals surface area contributed by atoms with Crippen LogP contribution in [0, 0.1) is 12.3 Å². The summed E-state index contributed by atoms with van der Waals surface area (Å²) in [6.45, 7) is 3.00. The smallest absolute Gasteiger partial charge is 0.0410 e. The maximum absolute atomic E-state index is 6.01. The number of terminal acetylenes is 1. The number of hydrogen-bond acceptors (Lipinski definition) is 1. The van der Waals surface area contributed by atoms with Crippen LogP contribution in [0.5, 0.6) is 0 Å². The van der Waals surface area contributed by atoms with Crippen LogP contribution in [0.4, 0.5) is 0 Å². The summed E-state index contributed by atoms with van der Waals surface area (Å²) >= 11 is 9.55. The normalized spacial score (nSPS) is 12.1. The monoisotopic (exact) mass is 299 g/mol. The lowest BCUT2D eigenvalue weighted by Gasteiger charge is -2.19. The minimum atomic E-state index is 0.258. The zero-order valence-corrected chi connectivity index (χ0v) is 11.6. The van der Waals surface area contributed by atoms with E-state index in [2.05, 4.69) is 34.1 Å². The van der Waals surface area contributed by atoms with Crippen LogP contribution in [0.3, 0.4) is 0 Å². The molecule has 0 fully saturated rings. The lowest BCUT2D eigenvalue weighted by Crippen LogP contribution is -2.21. The van der Waals surface area contributed by atoms with Crippen LogP contribution in [-0.2, 0) is 0 Å². The molecule has 0 aliphatic heterocycles. The van der Waals surface area contributed by atoms with E-state index in [0.29, 0.717) is 0 Å². The first-order chi connectivity index (χ1) is 7.69. The molecule has 1 unspecified atom stereocenters. The largest absolute Gasteiger partial charge is 0.310 e. The second-order valence-corrected chi connectivity index (χ2v) is 4.81. The third-order valence-corrected chi connectivity index (χ3v) is 3.32. The van der Waals surface area contributed by atoms with Crippen LogP contribution in [0.25, 0.3) is 0 Å². The molecule has 0 aliphatic rings. The van der Waals surface area contributed by atoms with Crippen LogP contribution >= 0.6 is 27.5 Å². The van der Waals surface area contributed by atoms with Gasteiger partial charge in [-0.25, -0.2) is 0 Å². The van der Waals surface area contributed by atoms with Gasteiger partial charge < -0.3 is 5.32 Å². The Bertz CT molecular complexity index is 384. The highest BCUT2D eigenvalue weighted by molar-refractivity contribution is 9.10. The highest BCUT2D eigenvalue weighted by atomic mass is 79.9. The molecular formula is C13H15BrClN. The maximum Gasteiger partial charge on any atom is 0.0410 e. The molecule has 1 aromatic rings. The third kappa shape index (κ3) is 3.83. The van der Waals surface area contributed by atoms with Crippen molar-refractivity contribution in [1.29, 1.82) is 0 Å². The van der Waals surface area contributed by atoms with Crippen molar-refractivity contribution in [2.24, 2.45) is 0 Å². The van der Waals surface area contributed by atoms with E-state index in [4.69, 9.17) is 18.0 Å². The van der Waals surface area contributed by atoms with Crippen LogP contribution in [0.15, 0.2) is 22.7 Å². The number of hydrogen-bond donors (Lipinski definition) is 1. The summed E-state index contributed by atoms with van der Waals surface area (Å²) in [6.07, 6.45) is 6.98. The van der Waals surface area contributed by atoms with Crippen LogP contribution in [-0.4, -0.2) is 6.54 Å². The molecular weight excluding hydrogens is 286 g/mol. The van der Waals surface area contributed by atoms with E-state index in [1.807, 2.05) is 18.2 Å². The Morgan fingerprint density at radius 2 is 2.31 bits per heavy atom. The number of benzene rings is 1. The summed E-state index contributed by atoms with van der Waals surface area (Å²) in [5.74, 6) is 2.67. The quantitative estimate of drug-likeness (QED) is 0.805. The molecule has 1 rings (SSSR count). The van der Waals surface area contributed by atoms with Crippen molar-refractivity contribution in [2.75, 3.05) is 6.54 Å². The lowest BCUT2D eigenvalue weighted by molar-refractivity contribution is 0.521. The third-order valence-electron chi connectivity index (χ3n) is 2.36. The van der Waals surface area contributed by atoms with Crippen LogP contribution < -0.4 is 5.32 Å². The molecule has 0 amide bonds. The van der Waals surface area contributed by atoms with E-state index in [-0.39, 0.29) is 6.04 Å². The average molecular weight is 301 g/mol. The lowest BCUT2D eigenvalue weighted by atomic mass is 10.0. The van der Waals surface area contributed by atoms with Gasteiger partial charge >= 0.3 is 0 Å². The Kier molecular flexibility index (Phi) is 5.90. The second-order valence-electron chi connectivity index (χ2n) is 3.52. The average Bonchev–Trinajstić information content (AvgIpc) is 2.28. The first-order valence-corrected chi connectivity index (χ1v) is 6.48. The molecule has 86 valence electrons. The van der Waals surface area contributed by atoms with Crippen molar-refractivity contribution in [3.63, 3.8) is 0 Å². The SMILES string of the molecule is C#CCCC(NCC)c1cc(Cl)ccc1Br. The molecule has 0 saturated heterocycles. The molecule has 3 heteroatoms. The van der Waals surface area contributed by atoms with E-state index in [9.17, 15) is 0 Å². The zero-order chi connectivity index (χ0) is 12.0. The summed E-state index contributed by atoms with van der Waals surface area (Å²) in [6, 6.07) is 6.08. The van der Waals surface area contributed by atoms with Gasteiger partial charge in [0, 0.05) is 22.0 Å². The van der Waals surface area contributed by atoms with E-state index in [1.165, 1.54) is 5.56 Å². The van der Waals surface area contributed by atoms with E-state index >= 15 is 0 Å². The molecule has 0 spiro atoms. The van der Waals surface area contributed by atoms with E-state index in [0.717, 1.165) is 28.9 Å². The first kappa shape index (κ1) is 13.6. The molecule has 1 aromatic carbocycles. The van der Waals surface area contributed by atoms with E-state index < -0.39 is 0 Å². The van der Waals surface area contributed by atoms with Gasteiger partial charge in [-0.1, -0.05) is 34.5 Å². The minimum absolute atomic E-state index is 0.258. The zero-order valence-electron chi connectivity index (χ0n) is 9.26.